The Kier molecular flexibility index (Phi) is 6.81. The SMILES string of the molecule is O=C(CCn1[nH]c(=O)c2ccccc2c1=O)NCCNC1CCCCCC1. The lowest BCUT2D eigenvalue weighted by Gasteiger charge is -2.16. The molecular weight excluding hydrogens is 344 g/mol. The van der Waals surface area contributed by atoms with E-state index in [2.05, 4.69) is 15.7 Å². The number of aromatic nitrogens is 2. The van der Waals surface area contributed by atoms with Crippen LogP contribution in [0.25, 0.3) is 10.8 Å². The summed E-state index contributed by atoms with van der Waals surface area (Å²) in [5.74, 6) is -0.126. The van der Waals surface area contributed by atoms with E-state index >= 15 is 0 Å². The average Bonchev–Trinajstić information content (AvgIpc) is 2.96. The zero-order chi connectivity index (χ0) is 19.1. The van der Waals surface area contributed by atoms with Gasteiger partial charge in [-0.2, -0.15) is 0 Å². The van der Waals surface area contributed by atoms with E-state index in [4.69, 9.17) is 0 Å². The van der Waals surface area contributed by atoms with Crippen molar-refractivity contribution in [1.29, 1.82) is 0 Å². The zero-order valence-electron chi connectivity index (χ0n) is 15.6. The largest absolute Gasteiger partial charge is 0.355 e. The van der Waals surface area contributed by atoms with Crippen molar-refractivity contribution in [2.24, 2.45) is 0 Å². The lowest BCUT2D eigenvalue weighted by atomic mass is 10.1. The van der Waals surface area contributed by atoms with Gasteiger partial charge in [0.25, 0.3) is 11.1 Å². The summed E-state index contributed by atoms with van der Waals surface area (Å²) in [6, 6.07) is 7.25. The fraction of sp³-hybridized carbons (Fsp3) is 0.550. The average molecular weight is 372 g/mol. The number of amides is 1. The zero-order valence-corrected chi connectivity index (χ0v) is 15.6. The van der Waals surface area contributed by atoms with Crippen LogP contribution in [0, 0.1) is 0 Å². The third-order valence-corrected chi connectivity index (χ3v) is 5.18. The second kappa shape index (κ2) is 9.50. The van der Waals surface area contributed by atoms with Crippen LogP contribution in [0.5, 0.6) is 0 Å². The lowest BCUT2D eigenvalue weighted by molar-refractivity contribution is -0.121. The Bertz CT molecular complexity index is 879. The molecule has 7 nitrogen and oxygen atoms in total. The van der Waals surface area contributed by atoms with E-state index < -0.39 is 0 Å². The molecule has 2 aromatic rings. The minimum atomic E-state index is -0.321. The van der Waals surface area contributed by atoms with Gasteiger partial charge in [-0.05, 0) is 25.0 Å². The number of aryl methyl sites for hydroxylation is 1. The van der Waals surface area contributed by atoms with Gasteiger partial charge in [-0.3, -0.25) is 19.5 Å². The molecular formula is C20H28N4O3. The van der Waals surface area contributed by atoms with Crippen molar-refractivity contribution < 1.29 is 4.79 Å². The molecule has 1 aromatic carbocycles. The fourth-order valence-corrected chi connectivity index (χ4v) is 3.67. The molecule has 1 amide bonds. The molecule has 1 aliphatic rings. The second-order valence-electron chi connectivity index (χ2n) is 7.19. The Morgan fingerprint density at radius 1 is 1.04 bits per heavy atom. The Morgan fingerprint density at radius 3 is 2.48 bits per heavy atom. The molecule has 3 N–H and O–H groups in total. The van der Waals surface area contributed by atoms with E-state index in [0.29, 0.717) is 23.4 Å². The maximum Gasteiger partial charge on any atom is 0.273 e. The minimum absolute atomic E-state index is 0.126. The Hall–Kier alpha value is -2.41. The Balaban J connectivity index is 1.45. The third kappa shape index (κ3) is 5.29. The highest BCUT2D eigenvalue weighted by molar-refractivity contribution is 5.80. The third-order valence-electron chi connectivity index (χ3n) is 5.18. The number of nitrogens with one attached hydrogen (secondary N) is 3. The summed E-state index contributed by atoms with van der Waals surface area (Å²) in [5.41, 5.74) is -0.605. The molecule has 0 saturated heterocycles. The fourth-order valence-electron chi connectivity index (χ4n) is 3.67. The number of hydrogen-bond acceptors (Lipinski definition) is 4. The lowest BCUT2D eigenvalue weighted by Crippen LogP contribution is -2.37. The highest BCUT2D eigenvalue weighted by atomic mass is 16.2. The molecule has 3 rings (SSSR count). The van der Waals surface area contributed by atoms with Crippen LogP contribution in [0.4, 0.5) is 0 Å². The van der Waals surface area contributed by atoms with Gasteiger partial charge in [-0.1, -0.05) is 37.8 Å². The highest BCUT2D eigenvalue weighted by Crippen LogP contribution is 2.16. The summed E-state index contributed by atoms with van der Waals surface area (Å²) in [5, 5.41) is 9.66. The van der Waals surface area contributed by atoms with Gasteiger partial charge < -0.3 is 10.6 Å². The number of carbonyl (C=O) groups is 1. The maximum absolute atomic E-state index is 12.4. The molecule has 0 radical (unpaired) electrons. The van der Waals surface area contributed by atoms with Crippen LogP contribution in [0.1, 0.15) is 44.9 Å². The molecule has 1 aliphatic carbocycles. The van der Waals surface area contributed by atoms with Crippen LogP contribution in [0.15, 0.2) is 33.9 Å². The molecule has 1 fully saturated rings. The first-order valence-corrected chi connectivity index (χ1v) is 9.87. The first kappa shape index (κ1) is 19.4. The van der Waals surface area contributed by atoms with E-state index in [1.165, 1.54) is 43.2 Å². The molecule has 7 heteroatoms. The monoisotopic (exact) mass is 372 g/mol. The molecule has 0 atom stereocenters. The predicted octanol–water partition coefficient (Wildman–Crippen LogP) is 1.51. The van der Waals surface area contributed by atoms with Gasteiger partial charge in [0.15, 0.2) is 0 Å². The summed E-state index contributed by atoms with van der Waals surface area (Å²) in [4.78, 5) is 36.5. The highest BCUT2D eigenvalue weighted by Gasteiger charge is 2.11. The molecule has 146 valence electrons. The number of fused-ring (bicyclic) bond motifs is 1. The van der Waals surface area contributed by atoms with Crippen LogP contribution >= 0.6 is 0 Å². The molecule has 0 spiro atoms. The van der Waals surface area contributed by atoms with Gasteiger partial charge in [-0.15, -0.1) is 0 Å². The van der Waals surface area contributed by atoms with Gasteiger partial charge in [0.05, 0.1) is 17.3 Å². The van der Waals surface area contributed by atoms with Crippen molar-refractivity contribution in [3.8, 4) is 0 Å². The number of H-pyrrole nitrogens is 1. The number of carbonyl (C=O) groups excluding carboxylic acids is 1. The number of aromatic amines is 1. The quantitative estimate of drug-likeness (QED) is 0.507. The standard InChI is InChI=1S/C20H28N4O3/c25-18(22-13-12-21-15-7-3-1-2-4-8-15)11-14-24-20(27)17-10-6-5-9-16(17)19(26)23-24/h5-6,9-10,15,21H,1-4,7-8,11-14H2,(H,22,25)(H,23,26). The van der Waals surface area contributed by atoms with Gasteiger partial charge in [-0.25, -0.2) is 4.68 Å². The molecule has 27 heavy (non-hydrogen) atoms. The number of rotatable bonds is 7. The van der Waals surface area contributed by atoms with E-state index in [1.54, 1.807) is 24.3 Å². The summed E-state index contributed by atoms with van der Waals surface area (Å²) < 4.78 is 1.22. The Labute approximate surface area is 158 Å². The molecule has 0 bridgehead atoms. The number of benzene rings is 1. The number of hydrogen-bond donors (Lipinski definition) is 3. The van der Waals surface area contributed by atoms with E-state index in [1.807, 2.05) is 0 Å². The molecule has 1 heterocycles. The van der Waals surface area contributed by atoms with Crippen LogP contribution < -0.4 is 21.8 Å². The first-order chi connectivity index (χ1) is 13.1. The van der Waals surface area contributed by atoms with Crippen LogP contribution in [-0.2, 0) is 11.3 Å². The van der Waals surface area contributed by atoms with Gasteiger partial charge in [0.1, 0.15) is 0 Å². The second-order valence-corrected chi connectivity index (χ2v) is 7.19. The first-order valence-electron chi connectivity index (χ1n) is 9.87. The van der Waals surface area contributed by atoms with Gasteiger partial charge in [0, 0.05) is 25.6 Å². The molecule has 0 aliphatic heterocycles. The van der Waals surface area contributed by atoms with E-state index in [0.717, 1.165) is 6.54 Å². The summed E-state index contributed by atoms with van der Waals surface area (Å²) in [6.07, 6.45) is 7.79. The topological polar surface area (TPSA) is 96.0 Å². The minimum Gasteiger partial charge on any atom is -0.355 e. The van der Waals surface area contributed by atoms with Crippen LogP contribution in [0.2, 0.25) is 0 Å². The molecule has 1 saturated carbocycles. The van der Waals surface area contributed by atoms with Crippen molar-refractivity contribution in [3.63, 3.8) is 0 Å². The normalized spacial score (nSPS) is 15.6. The van der Waals surface area contributed by atoms with Crippen molar-refractivity contribution in [3.05, 3.63) is 45.0 Å². The van der Waals surface area contributed by atoms with E-state index in [9.17, 15) is 14.4 Å². The summed E-state index contributed by atoms with van der Waals surface area (Å²) in [6.45, 7) is 1.47. The van der Waals surface area contributed by atoms with Gasteiger partial charge in [0.2, 0.25) is 5.91 Å². The van der Waals surface area contributed by atoms with Crippen molar-refractivity contribution >= 4 is 16.7 Å². The Morgan fingerprint density at radius 2 is 1.74 bits per heavy atom. The summed E-state index contributed by atoms with van der Waals surface area (Å²) >= 11 is 0. The van der Waals surface area contributed by atoms with Crippen molar-refractivity contribution in [2.45, 2.75) is 57.5 Å². The maximum atomic E-state index is 12.4. The van der Waals surface area contributed by atoms with Crippen molar-refractivity contribution in [2.75, 3.05) is 13.1 Å². The molecule has 0 unspecified atom stereocenters. The van der Waals surface area contributed by atoms with E-state index in [-0.39, 0.29) is 30.0 Å². The van der Waals surface area contributed by atoms with Crippen molar-refractivity contribution in [1.82, 2.24) is 20.4 Å². The predicted molar refractivity (Wildman–Crippen MR) is 106 cm³/mol. The summed E-state index contributed by atoms with van der Waals surface area (Å²) in [7, 11) is 0. The molecule has 1 aromatic heterocycles. The van der Waals surface area contributed by atoms with Gasteiger partial charge >= 0.3 is 0 Å². The smallest absolute Gasteiger partial charge is 0.273 e. The van der Waals surface area contributed by atoms with Crippen LogP contribution in [-0.4, -0.2) is 34.8 Å². The number of nitrogens with zero attached hydrogens (tertiary/aromatic N) is 1. The van der Waals surface area contributed by atoms with Crippen LogP contribution in [0.3, 0.4) is 0 Å².